The van der Waals surface area contributed by atoms with Crippen molar-refractivity contribution in [1.29, 1.82) is 0 Å². The largest absolute Gasteiger partial charge is 0.481 e. The number of nitro benzene ring substituents is 1. The number of anilines is 1. The first-order chi connectivity index (χ1) is 8.99. The van der Waals surface area contributed by atoms with Crippen LogP contribution in [-0.2, 0) is 4.79 Å². The highest BCUT2D eigenvalue weighted by molar-refractivity contribution is 14.1. The van der Waals surface area contributed by atoms with E-state index in [0.717, 1.165) is 0 Å². The van der Waals surface area contributed by atoms with Gasteiger partial charge >= 0.3 is 5.97 Å². The van der Waals surface area contributed by atoms with Crippen molar-refractivity contribution in [1.82, 2.24) is 0 Å². The predicted octanol–water partition coefficient (Wildman–Crippen LogP) is 3.50. The third kappa shape index (κ3) is 3.20. The monoisotopic (exact) mass is 392 g/mol. The van der Waals surface area contributed by atoms with Crippen molar-refractivity contribution in [2.75, 3.05) is 5.32 Å². The van der Waals surface area contributed by atoms with Gasteiger partial charge in [0.25, 0.3) is 5.69 Å². The Morgan fingerprint density at radius 1 is 1.35 bits per heavy atom. The molecule has 0 saturated heterocycles. The summed E-state index contributed by atoms with van der Waals surface area (Å²) in [5, 5.41) is 23.2. The number of carboxylic acids is 1. The van der Waals surface area contributed by atoms with Gasteiger partial charge in [-0.3, -0.25) is 14.9 Å². The predicted molar refractivity (Wildman–Crippen MR) is 84.9 cm³/mol. The lowest BCUT2D eigenvalue weighted by molar-refractivity contribution is -0.384. The first-order valence-corrected chi connectivity index (χ1v) is 7.02. The van der Waals surface area contributed by atoms with Crippen molar-refractivity contribution in [3.63, 3.8) is 0 Å². The highest BCUT2D eigenvalue weighted by Crippen LogP contribution is 2.35. The minimum Gasteiger partial charge on any atom is -0.481 e. The highest BCUT2D eigenvalue weighted by Gasteiger charge is 2.43. The Balaban J connectivity index is 3.10. The van der Waals surface area contributed by atoms with E-state index >= 15 is 0 Å². The summed E-state index contributed by atoms with van der Waals surface area (Å²) in [6.07, 6.45) is 0. The molecule has 0 amide bonds. The highest BCUT2D eigenvalue weighted by atomic mass is 127. The number of nitro groups is 1. The van der Waals surface area contributed by atoms with Crippen LogP contribution in [0.1, 0.15) is 27.7 Å². The van der Waals surface area contributed by atoms with Crippen LogP contribution in [0.2, 0.25) is 0 Å². The molecule has 0 spiro atoms. The molecule has 0 aromatic heterocycles. The molecule has 0 atom stereocenters. The van der Waals surface area contributed by atoms with Crippen LogP contribution in [0.5, 0.6) is 0 Å². The second-order valence-electron chi connectivity index (χ2n) is 5.60. The number of nitrogens with zero attached hydrogens (tertiary/aromatic N) is 1. The molecule has 20 heavy (non-hydrogen) atoms. The summed E-state index contributed by atoms with van der Waals surface area (Å²) in [6, 6.07) is 4.45. The fraction of sp³-hybridized carbons (Fsp3) is 0.462. The normalized spacial score (nSPS) is 12.1. The number of aliphatic carboxylic acids is 1. The van der Waals surface area contributed by atoms with Crippen LogP contribution in [0.3, 0.4) is 0 Å². The number of hydrogen-bond donors (Lipinski definition) is 2. The van der Waals surface area contributed by atoms with E-state index in [4.69, 9.17) is 0 Å². The third-order valence-electron chi connectivity index (χ3n) is 3.71. The van der Waals surface area contributed by atoms with Crippen LogP contribution in [0.15, 0.2) is 18.2 Å². The molecule has 0 fully saturated rings. The van der Waals surface area contributed by atoms with Crippen LogP contribution < -0.4 is 5.32 Å². The first kappa shape index (κ1) is 16.7. The Hall–Kier alpha value is -1.38. The fourth-order valence-electron chi connectivity index (χ4n) is 1.48. The van der Waals surface area contributed by atoms with Gasteiger partial charge in [0, 0.05) is 26.9 Å². The van der Waals surface area contributed by atoms with Gasteiger partial charge in [-0.15, -0.1) is 0 Å². The topological polar surface area (TPSA) is 92.5 Å². The van der Waals surface area contributed by atoms with Gasteiger partial charge < -0.3 is 10.4 Å². The van der Waals surface area contributed by atoms with Crippen molar-refractivity contribution >= 4 is 39.9 Å². The maximum atomic E-state index is 11.4. The van der Waals surface area contributed by atoms with Gasteiger partial charge in [-0.2, -0.15) is 0 Å². The summed E-state index contributed by atoms with van der Waals surface area (Å²) in [7, 11) is 0. The van der Waals surface area contributed by atoms with Crippen LogP contribution in [0.25, 0.3) is 0 Å². The zero-order valence-electron chi connectivity index (χ0n) is 11.7. The number of rotatable bonds is 5. The van der Waals surface area contributed by atoms with Gasteiger partial charge in [0.2, 0.25) is 0 Å². The number of carbonyl (C=O) groups is 1. The maximum absolute atomic E-state index is 11.4. The SMILES string of the molecule is CC(C)(Nc1ccc([N+](=O)[O-])cc1I)C(C)(C)C(=O)O. The first-order valence-electron chi connectivity index (χ1n) is 5.94. The smallest absolute Gasteiger partial charge is 0.311 e. The lowest BCUT2D eigenvalue weighted by Gasteiger charge is -2.39. The fourth-order valence-corrected chi connectivity index (χ4v) is 2.11. The molecule has 0 bridgehead atoms. The number of non-ortho nitro benzene ring substituents is 1. The molecule has 1 rings (SSSR count). The zero-order chi connectivity index (χ0) is 15.7. The molecule has 1 aromatic rings. The van der Waals surface area contributed by atoms with Gasteiger partial charge in [0.1, 0.15) is 0 Å². The lowest BCUT2D eigenvalue weighted by Crippen LogP contribution is -2.50. The van der Waals surface area contributed by atoms with Gasteiger partial charge in [0.15, 0.2) is 0 Å². The summed E-state index contributed by atoms with van der Waals surface area (Å²) in [5.41, 5.74) is -1.04. The minimum atomic E-state index is -1.00. The molecule has 0 unspecified atom stereocenters. The van der Waals surface area contributed by atoms with E-state index in [0.29, 0.717) is 9.26 Å². The summed E-state index contributed by atoms with van der Waals surface area (Å²) in [4.78, 5) is 21.6. The van der Waals surface area contributed by atoms with Gasteiger partial charge in [-0.25, -0.2) is 0 Å². The van der Waals surface area contributed by atoms with Gasteiger partial charge in [-0.05, 0) is 56.4 Å². The number of nitrogens with one attached hydrogen (secondary N) is 1. The van der Waals surface area contributed by atoms with Crippen LogP contribution >= 0.6 is 22.6 Å². The molecule has 0 aliphatic carbocycles. The quantitative estimate of drug-likeness (QED) is 0.455. The van der Waals surface area contributed by atoms with Gasteiger partial charge in [-0.1, -0.05) is 0 Å². The zero-order valence-corrected chi connectivity index (χ0v) is 13.9. The molecule has 6 nitrogen and oxygen atoms in total. The van der Waals surface area contributed by atoms with Crippen molar-refractivity contribution in [2.24, 2.45) is 5.41 Å². The van der Waals surface area contributed by atoms with E-state index < -0.39 is 21.8 Å². The number of benzene rings is 1. The van der Waals surface area contributed by atoms with Crippen molar-refractivity contribution in [3.05, 3.63) is 31.9 Å². The minimum absolute atomic E-state index is 0.00949. The van der Waals surface area contributed by atoms with Crippen molar-refractivity contribution < 1.29 is 14.8 Å². The van der Waals surface area contributed by atoms with Gasteiger partial charge in [0.05, 0.1) is 10.3 Å². The van der Waals surface area contributed by atoms with Crippen LogP contribution in [0, 0.1) is 19.1 Å². The number of carboxylic acid groups (broad SMARTS) is 1. The standard InChI is InChI=1S/C13H17IN2O4/c1-12(2,11(17)18)13(3,4)15-10-6-5-8(16(19)20)7-9(10)14/h5-7,15H,1-4H3,(H,17,18). The molecular formula is C13H17IN2O4. The van der Waals surface area contributed by atoms with E-state index in [1.165, 1.54) is 12.1 Å². The summed E-state index contributed by atoms with van der Waals surface area (Å²) in [6.45, 7) is 6.86. The van der Waals surface area contributed by atoms with E-state index in [-0.39, 0.29) is 5.69 Å². The second kappa shape index (κ2) is 5.55. The summed E-state index contributed by atoms with van der Waals surface area (Å²) in [5.74, 6) is -0.910. The third-order valence-corrected chi connectivity index (χ3v) is 4.60. The molecule has 0 aliphatic heterocycles. The lowest BCUT2D eigenvalue weighted by atomic mass is 9.74. The molecule has 2 N–H and O–H groups in total. The van der Waals surface area contributed by atoms with Crippen molar-refractivity contribution in [3.8, 4) is 0 Å². The number of hydrogen-bond acceptors (Lipinski definition) is 4. The van der Waals surface area contributed by atoms with E-state index in [2.05, 4.69) is 5.32 Å². The molecule has 0 aliphatic rings. The average molecular weight is 392 g/mol. The molecule has 0 saturated carbocycles. The van der Waals surface area contributed by atoms with E-state index in [1.54, 1.807) is 33.8 Å². The Labute approximate surface area is 130 Å². The Morgan fingerprint density at radius 2 is 1.90 bits per heavy atom. The molecule has 1 aromatic carbocycles. The molecule has 7 heteroatoms. The molecular weight excluding hydrogens is 375 g/mol. The second-order valence-corrected chi connectivity index (χ2v) is 6.76. The van der Waals surface area contributed by atoms with Crippen molar-refractivity contribution in [2.45, 2.75) is 33.2 Å². The Morgan fingerprint density at radius 3 is 2.30 bits per heavy atom. The Kier molecular flexibility index (Phi) is 4.62. The molecule has 0 heterocycles. The van der Waals surface area contributed by atoms with Crippen LogP contribution in [-0.4, -0.2) is 21.5 Å². The average Bonchev–Trinajstić information content (AvgIpc) is 2.30. The van der Waals surface area contributed by atoms with Crippen LogP contribution in [0.4, 0.5) is 11.4 Å². The maximum Gasteiger partial charge on any atom is 0.311 e. The van der Waals surface area contributed by atoms with E-state index in [1.807, 2.05) is 22.6 Å². The summed E-state index contributed by atoms with van der Waals surface area (Å²) >= 11 is 1.99. The number of halogens is 1. The van der Waals surface area contributed by atoms with E-state index in [9.17, 15) is 20.0 Å². The summed E-state index contributed by atoms with van der Waals surface area (Å²) < 4.78 is 0.672. The molecule has 0 radical (unpaired) electrons. The Bertz CT molecular complexity index is 555. The molecule has 110 valence electrons.